The molecule has 2 aromatic rings. The van der Waals surface area contributed by atoms with Gasteiger partial charge in [-0.15, -0.1) is 0 Å². The van der Waals surface area contributed by atoms with E-state index >= 15 is 0 Å². The van der Waals surface area contributed by atoms with E-state index in [1.165, 1.54) is 6.21 Å². The Bertz CT molecular complexity index is 868. The van der Waals surface area contributed by atoms with Crippen LogP contribution in [0.4, 0.5) is 0 Å². The third-order valence-electron chi connectivity index (χ3n) is 3.90. The standard InChI is InChI=1S/C20H17NO4/c1-2-25-20(24)17(13-8-4-3-5-9-13)21-12-16-18(22)14-10-6-7-11-15(14)19(16)23/h3-12,17,22H,2H2,1H3/t17-/m1/s1. The number of allylic oxidation sites excluding steroid dienone is 1. The Hall–Kier alpha value is -3.21. The van der Waals surface area contributed by atoms with Gasteiger partial charge >= 0.3 is 5.97 Å². The monoisotopic (exact) mass is 335 g/mol. The van der Waals surface area contributed by atoms with E-state index in [-0.39, 0.29) is 23.7 Å². The SMILES string of the molecule is CCOC(=O)[C@H](N=CC1=C(O)c2ccccc2C1=O)c1ccccc1. The van der Waals surface area contributed by atoms with E-state index in [9.17, 15) is 14.7 Å². The number of benzene rings is 2. The predicted octanol–water partition coefficient (Wildman–Crippen LogP) is 3.53. The van der Waals surface area contributed by atoms with Crippen molar-refractivity contribution < 1.29 is 19.4 Å². The van der Waals surface area contributed by atoms with Crippen LogP contribution in [0.2, 0.25) is 0 Å². The third-order valence-corrected chi connectivity index (χ3v) is 3.90. The van der Waals surface area contributed by atoms with Gasteiger partial charge in [-0.05, 0) is 12.5 Å². The molecule has 3 rings (SSSR count). The van der Waals surface area contributed by atoms with E-state index in [1.807, 2.05) is 6.07 Å². The Kier molecular flexibility index (Phi) is 4.75. The van der Waals surface area contributed by atoms with Gasteiger partial charge < -0.3 is 9.84 Å². The highest BCUT2D eigenvalue weighted by Crippen LogP contribution is 2.30. The lowest BCUT2D eigenvalue weighted by Gasteiger charge is -2.11. The van der Waals surface area contributed by atoms with E-state index < -0.39 is 12.0 Å². The molecule has 0 unspecified atom stereocenters. The summed E-state index contributed by atoms with van der Waals surface area (Å²) < 4.78 is 5.07. The highest BCUT2D eigenvalue weighted by molar-refractivity contribution is 6.30. The van der Waals surface area contributed by atoms with Gasteiger partial charge in [0.1, 0.15) is 5.76 Å². The van der Waals surface area contributed by atoms with Crippen molar-refractivity contribution in [2.45, 2.75) is 13.0 Å². The number of esters is 1. The Morgan fingerprint density at radius 3 is 2.40 bits per heavy atom. The molecular weight excluding hydrogens is 318 g/mol. The fourth-order valence-electron chi connectivity index (χ4n) is 2.69. The van der Waals surface area contributed by atoms with Crippen molar-refractivity contribution in [3.05, 3.63) is 76.9 Å². The van der Waals surface area contributed by atoms with Gasteiger partial charge in [0.25, 0.3) is 0 Å². The number of ketones is 1. The maximum Gasteiger partial charge on any atom is 0.335 e. The predicted molar refractivity (Wildman–Crippen MR) is 94.6 cm³/mol. The van der Waals surface area contributed by atoms with Crippen LogP contribution in [0.25, 0.3) is 5.76 Å². The number of carbonyl (C=O) groups excluding carboxylic acids is 2. The summed E-state index contributed by atoms with van der Waals surface area (Å²) in [7, 11) is 0. The molecule has 1 aliphatic rings. The van der Waals surface area contributed by atoms with Gasteiger partial charge in [0.15, 0.2) is 11.8 Å². The van der Waals surface area contributed by atoms with Crippen molar-refractivity contribution in [1.29, 1.82) is 0 Å². The lowest BCUT2D eigenvalue weighted by molar-refractivity contribution is -0.144. The molecule has 0 amide bonds. The van der Waals surface area contributed by atoms with Crippen molar-refractivity contribution in [3.63, 3.8) is 0 Å². The number of aliphatic hydroxyl groups is 1. The van der Waals surface area contributed by atoms with Crippen LogP contribution in [-0.2, 0) is 9.53 Å². The van der Waals surface area contributed by atoms with E-state index in [4.69, 9.17) is 4.74 Å². The smallest absolute Gasteiger partial charge is 0.335 e. The van der Waals surface area contributed by atoms with Gasteiger partial charge in [-0.1, -0.05) is 54.6 Å². The first-order chi connectivity index (χ1) is 12.1. The molecule has 126 valence electrons. The van der Waals surface area contributed by atoms with Crippen LogP contribution in [0.1, 0.15) is 34.5 Å². The number of Topliss-reactive ketones (excluding diaryl/α,β-unsaturated/α-hetero) is 1. The minimum absolute atomic E-state index is 0.0754. The summed E-state index contributed by atoms with van der Waals surface area (Å²) in [5.41, 5.74) is 1.63. The molecule has 0 bridgehead atoms. The first-order valence-electron chi connectivity index (χ1n) is 7.95. The van der Waals surface area contributed by atoms with Crippen LogP contribution >= 0.6 is 0 Å². The van der Waals surface area contributed by atoms with Crippen LogP contribution in [0, 0.1) is 0 Å². The van der Waals surface area contributed by atoms with Crippen LogP contribution in [0.5, 0.6) is 0 Å². The summed E-state index contributed by atoms with van der Waals surface area (Å²) in [5, 5.41) is 10.3. The highest BCUT2D eigenvalue weighted by atomic mass is 16.5. The number of hydrogen-bond donors (Lipinski definition) is 1. The van der Waals surface area contributed by atoms with Crippen molar-refractivity contribution in [2.24, 2.45) is 4.99 Å². The quantitative estimate of drug-likeness (QED) is 0.670. The first kappa shape index (κ1) is 16.6. The summed E-state index contributed by atoms with van der Waals surface area (Å²) in [6.45, 7) is 1.95. The van der Waals surface area contributed by atoms with Crippen LogP contribution < -0.4 is 0 Å². The van der Waals surface area contributed by atoms with Gasteiger partial charge in [0.05, 0.1) is 12.2 Å². The summed E-state index contributed by atoms with van der Waals surface area (Å²) in [5.74, 6) is -0.944. The number of aliphatic hydroxyl groups excluding tert-OH is 1. The highest BCUT2D eigenvalue weighted by Gasteiger charge is 2.29. The molecule has 1 N–H and O–H groups in total. The van der Waals surface area contributed by atoms with Crippen LogP contribution in [-0.4, -0.2) is 29.7 Å². The van der Waals surface area contributed by atoms with Crippen LogP contribution in [0.15, 0.2) is 65.2 Å². The molecule has 0 radical (unpaired) electrons. The van der Waals surface area contributed by atoms with Gasteiger partial charge in [0, 0.05) is 17.3 Å². The summed E-state index contributed by atoms with van der Waals surface area (Å²) in [6.07, 6.45) is 1.26. The number of hydrogen-bond acceptors (Lipinski definition) is 5. The van der Waals surface area contributed by atoms with Crippen molar-refractivity contribution >= 4 is 23.7 Å². The van der Waals surface area contributed by atoms with Gasteiger partial charge in [-0.3, -0.25) is 9.79 Å². The van der Waals surface area contributed by atoms with E-state index in [2.05, 4.69) is 4.99 Å². The van der Waals surface area contributed by atoms with Crippen LogP contribution in [0.3, 0.4) is 0 Å². The second-order valence-electron chi connectivity index (χ2n) is 5.48. The third kappa shape index (κ3) is 3.21. The molecule has 5 nitrogen and oxygen atoms in total. The van der Waals surface area contributed by atoms with Gasteiger partial charge in [-0.25, -0.2) is 4.79 Å². The van der Waals surface area contributed by atoms with Crippen molar-refractivity contribution in [3.8, 4) is 0 Å². The molecule has 0 saturated heterocycles. The van der Waals surface area contributed by atoms with E-state index in [0.29, 0.717) is 16.7 Å². The molecule has 0 saturated carbocycles. The molecule has 0 heterocycles. The lowest BCUT2D eigenvalue weighted by Crippen LogP contribution is -2.15. The Morgan fingerprint density at radius 1 is 1.12 bits per heavy atom. The second-order valence-corrected chi connectivity index (χ2v) is 5.48. The normalized spacial score (nSPS) is 14.7. The molecule has 1 aliphatic carbocycles. The molecule has 0 aliphatic heterocycles. The minimum Gasteiger partial charge on any atom is -0.506 e. The Labute approximate surface area is 145 Å². The fourth-order valence-corrected chi connectivity index (χ4v) is 2.69. The zero-order chi connectivity index (χ0) is 17.8. The van der Waals surface area contributed by atoms with Gasteiger partial charge in [-0.2, -0.15) is 0 Å². The number of ether oxygens (including phenoxy) is 1. The average molecular weight is 335 g/mol. The molecule has 2 aromatic carbocycles. The average Bonchev–Trinajstić information content (AvgIpc) is 2.88. The van der Waals surface area contributed by atoms with E-state index in [0.717, 1.165) is 0 Å². The number of rotatable bonds is 5. The maximum atomic E-state index is 12.4. The molecule has 1 atom stereocenters. The molecule has 25 heavy (non-hydrogen) atoms. The number of carbonyl (C=O) groups is 2. The zero-order valence-corrected chi connectivity index (χ0v) is 13.7. The number of fused-ring (bicyclic) bond motifs is 1. The zero-order valence-electron chi connectivity index (χ0n) is 13.7. The topological polar surface area (TPSA) is 76.0 Å². The molecule has 5 heteroatoms. The minimum atomic E-state index is -0.891. The lowest BCUT2D eigenvalue weighted by atomic mass is 10.1. The Balaban J connectivity index is 1.94. The number of aliphatic imine (C=N–C) groups is 1. The first-order valence-corrected chi connectivity index (χ1v) is 7.95. The second kappa shape index (κ2) is 7.13. The van der Waals surface area contributed by atoms with Crippen molar-refractivity contribution in [1.82, 2.24) is 0 Å². The van der Waals surface area contributed by atoms with Crippen molar-refractivity contribution in [2.75, 3.05) is 6.61 Å². The molecular formula is C20H17NO4. The molecule has 0 aromatic heterocycles. The summed E-state index contributed by atoms with van der Waals surface area (Å²) in [6, 6.07) is 14.9. The van der Waals surface area contributed by atoms with Gasteiger partial charge in [0.2, 0.25) is 0 Å². The molecule has 0 fully saturated rings. The molecule has 0 spiro atoms. The largest absolute Gasteiger partial charge is 0.506 e. The maximum absolute atomic E-state index is 12.4. The summed E-state index contributed by atoms with van der Waals surface area (Å²) >= 11 is 0. The fraction of sp³-hybridized carbons (Fsp3) is 0.150. The summed E-state index contributed by atoms with van der Waals surface area (Å²) in [4.78, 5) is 28.9. The van der Waals surface area contributed by atoms with E-state index in [1.54, 1.807) is 55.5 Å². The Morgan fingerprint density at radius 2 is 1.76 bits per heavy atom. The number of nitrogens with zero attached hydrogens (tertiary/aromatic N) is 1.